The Balaban J connectivity index is 1.60. The summed E-state index contributed by atoms with van der Waals surface area (Å²) in [5.74, 6) is -2.67. The molecule has 1 aromatic heterocycles. The summed E-state index contributed by atoms with van der Waals surface area (Å²) in [5.41, 5.74) is 5.58. The van der Waals surface area contributed by atoms with E-state index in [1.807, 2.05) is 6.92 Å². The van der Waals surface area contributed by atoms with Crippen LogP contribution in [0, 0.1) is 11.8 Å². The molecule has 5 N–H and O–H groups in total. The largest absolute Gasteiger partial charge is 0.573 e. The molecule has 9 nitrogen and oxygen atoms in total. The molecule has 1 saturated carbocycles. The maximum atomic E-state index is 13.2. The fourth-order valence-electron chi connectivity index (χ4n) is 5.33. The van der Waals surface area contributed by atoms with Gasteiger partial charge in [-0.05, 0) is 74.3 Å². The van der Waals surface area contributed by atoms with Crippen LogP contribution in [0.15, 0.2) is 54.7 Å². The molecule has 1 fully saturated rings. The Kier molecular flexibility index (Phi) is 9.13. The summed E-state index contributed by atoms with van der Waals surface area (Å²) < 4.78 is 42.4. The Morgan fingerprint density at radius 1 is 1.15 bits per heavy atom. The van der Waals surface area contributed by atoms with Crippen molar-refractivity contribution in [3.8, 4) is 5.75 Å². The molecule has 3 aromatic rings. The molecule has 3 atom stereocenters. The van der Waals surface area contributed by atoms with Gasteiger partial charge in [0.25, 0.3) is 5.91 Å². The zero-order valence-electron chi connectivity index (χ0n) is 22.5. The summed E-state index contributed by atoms with van der Waals surface area (Å²) >= 11 is 0. The lowest BCUT2D eigenvalue weighted by Gasteiger charge is -2.41. The molecular formula is C29H33F3N4O5. The lowest BCUT2D eigenvalue weighted by atomic mass is 9.70. The highest BCUT2D eigenvalue weighted by Crippen LogP contribution is 2.39. The number of hydrogen-bond acceptors (Lipinski definition) is 7. The van der Waals surface area contributed by atoms with E-state index in [4.69, 9.17) is 5.73 Å². The lowest BCUT2D eigenvalue weighted by molar-refractivity contribution is -0.274. The van der Waals surface area contributed by atoms with Gasteiger partial charge in [0.05, 0.1) is 40.9 Å². The highest BCUT2D eigenvalue weighted by atomic mass is 19.4. The Morgan fingerprint density at radius 2 is 1.83 bits per heavy atom. The molecule has 3 unspecified atom stereocenters. The highest BCUT2D eigenvalue weighted by molar-refractivity contribution is 5.94. The third-order valence-corrected chi connectivity index (χ3v) is 7.66. The van der Waals surface area contributed by atoms with Crippen molar-refractivity contribution in [1.29, 1.82) is 0 Å². The van der Waals surface area contributed by atoms with Gasteiger partial charge in [-0.1, -0.05) is 31.2 Å². The van der Waals surface area contributed by atoms with Gasteiger partial charge in [-0.3, -0.25) is 14.6 Å². The van der Waals surface area contributed by atoms with Gasteiger partial charge < -0.3 is 26.0 Å². The number of amides is 2. The molecule has 0 spiro atoms. The number of aliphatic hydroxyl groups excluding tert-OH is 1. The second kappa shape index (κ2) is 12.4. The van der Waals surface area contributed by atoms with Crippen LogP contribution in [0.1, 0.15) is 55.1 Å². The second-order valence-corrected chi connectivity index (χ2v) is 10.8. The minimum absolute atomic E-state index is 0.0404. The SMILES string of the molecule is CC1CCC(O)(C(CC(O)C(Cc2cccc(OC(F)(F)F)c2)NC(=O)c2cnc3ccccc3n2)C(N)=O)CC1. The van der Waals surface area contributed by atoms with Crippen molar-refractivity contribution < 1.29 is 37.7 Å². The molecule has 220 valence electrons. The third-order valence-electron chi connectivity index (χ3n) is 7.66. The number of aromatic nitrogens is 2. The van der Waals surface area contributed by atoms with E-state index in [2.05, 4.69) is 20.0 Å². The van der Waals surface area contributed by atoms with Gasteiger partial charge in [0.1, 0.15) is 11.4 Å². The number of halogens is 3. The Morgan fingerprint density at radius 3 is 2.49 bits per heavy atom. The molecule has 1 aliphatic carbocycles. The number of carbonyl (C=O) groups is 2. The molecule has 0 bridgehead atoms. The normalized spacial score (nSPS) is 21.6. The minimum atomic E-state index is -4.90. The van der Waals surface area contributed by atoms with Gasteiger partial charge in [-0.15, -0.1) is 13.2 Å². The number of carbonyl (C=O) groups excluding carboxylic acids is 2. The fourth-order valence-corrected chi connectivity index (χ4v) is 5.33. The van der Waals surface area contributed by atoms with E-state index in [9.17, 15) is 33.0 Å². The number of para-hydroxylation sites is 2. The lowest BCUT2D eigenvalue weighted by Crippen LogP contribution is -2.52. The van der Waals surface area contributed by atoms with E-state index in [-0.39, 0.29) is 18.5 Å². The number of alkyl halides is 3. The second-order valence-electron chi connectivity index (χ2n) is 10.8. The maximum absolute atomic E-state index is 13.2. The number of nitrogens with one attached hydrogen (secondary N) is 1. The van der Waals surface area contributed by atoms with Gasteiger partial charge in [-0.25, -0.2) is 4.98 Å². The van der Waals surface area contributed by atoms with Crippen molar-refractivity contribution in [1.82, 2.24) is 15.3 Å². The van der Waals surface area contributed by atoms with E-state index in [0.717, 1.165) is 12.1 Å². The first-order chi connectivity index (χ1) is 19.3. The molecule has 2 aromatic carbocycles. The van der Waals surface area contributed by atoms with Crippen LogP contribution in [0.3, 0.4) is 0 Å². The molecule has 0 radical (unpaired) electrons. The van der Waals surface area contributed by atoms with Gasteiger partial charge in [0.2, 0.25) is 5.91 Å². The summed E-state index contributed by atoms with van der Waals surface area (Å²) in [6, 6.07) is 11.0. The van der Waals surface area contributed by atoms with Crippen LogP contribution in [-0.4, -0.2) is 56.1 Å². The molecular weight excluding hydrogens is 541 g/mol. The molecule has 1 heterocycles. The number of nitrogens with zero attached hydrogens (tertiary/aromatic N) is 2. The highest BCUT2D eigenvalue weighted by Gasteiger charge is 2.44. The predicted octanol–water partition coefficient (Wildman–Crippen LogP) is 3.66. The zero-order valence-corrected chi connectivity index (χ0v) is 22.5. The van der Waals surface area contributed by atoms with Crippen LogP contribution in [0.4, 0.5) is 13.2 Å². The minimum Gasteiger partial charge on any atom is -0.406 e. The summed E-state index contributed by atoms with van der Waals surface area (Å²) in [4.78, 5) is 34.2. The average molecular weight is 575 g/mol. The van der Waals surface area contributed by atoms with E-state index >= 15 is 0 Å². The van der Waals surface area contributed by atoms with Crippen molar-refractivity contribution in [2.45, 2.75) is 69.6 Å². The van der Waals surface area contributed by atoms with E-state index < -0.39 is 47.6 Å². The first kappa shape index (κ1) is 30.2. The van der Waals surface area contributed by atoms with Crippen LogP contribution >= 0.6 is 0 Å². The average Bonchev–Trinajstić information content (AvgIpc) is 2.91. The van der Waals surface area contributed by atoms with Crippen LogP contribution in [0.25, 0.3) is 11.0 Å². The number of hydrogen-bond donors (Lipinski definition) is 4. The Bertz CT molecular complexity index is 1380. The van der Waals surface area contributed by atoms with Crippen LogP contribution < -0.4 is 15.8 Å². The van der Waals surface area contributed by atoms with Crippen molar-refractivity contribution in [3.63, 3.8) is 0 Å². The van der Waals surface area contributed by atoms with Gasteiger partial charge in [-0.2, -0.15) is 0 Å². The first-order valence-electron chi connectivity index (χ1n) is 13.4. The Hall–Kier alpha value is -3.77. The predicted molar refractivity (Wildman–Crippen MR) is 144 cm³/mol. The summed E-state index contributed by atoms with van der Waals surface area (Å²) in [6.45, 7) is 2.05. The standard InChI is InChI=1S/C29H33F3N4O5/c1-17-9-11-28(40,12-10-17)20(26(33)38)15-25(37)23(14-18-5-4-6-19(13-18)41-29(30,31)32)36-27(39)24-16-34-21-7-2-3-8-22(21)35-24/h2-8,13,16-17,20,23,25,37,40H,9-12,14-15H2,1H3,(H2,33,38)(H,36,39). The van der Waals surface area contributed by atoms with E-state index in [1.165, 1.54) is 18.3 Å². The number of aliphatic hydroxyl groups is 2. The number of ether oxygens (including phenoxy) is 1. The number of rotatable bonds is 10. The first-order valence-corrected chi connectivity index (χ1v) is 13.4. The Labute approximate surface area is 234 Å². The number of primary amides is 1. The van der Waals surface area contributed by atoms with Crippen LogP contribution in [0.5, 0.6) is 5.75 Å². The maximum Gasteiger partial charge on any atom is 0.573 e. The van der Waals surface area contributed by atoms with Gasteiger partial charge >= 0.3 is 6.36 Å². The molecule has 0 aliphatic heterocycles. The third kappa shape index (κ3) is 7.92. The number of benzene rings is 2. The summed E-state index contributed by atoms with van der Waals surface area (Å²) in [5, 5.41) is 25.3. The van der Waals surface area contributed by atoms with Gasteiger partial charge in [0.15, 0.2) is 0 Å². The van der Waals surface area contributed by atoms with E-state index in [0.29, 0.717) is 48.2 Å². The van der Waals surface area contributed by atoms with Crippen molar-refractivity contribution in [3.05, 3.63) is 66.0 Å². The smallest absolute Gasteiger partial charge is 0.406 e. The molecule has 4 rings (SSSR count). The number of nitrogens with two attached hydrogens (primary N) is 1. The van der Waals surface area contributed by atoms with Crippen LogP contribution in [-0.2, 0) is 11.2 Å². The topological polar surface area (TPSA) is 148 Å². The van der Waals surface area contributed by atoms with Crippen molar-refractivity contribution >= 4 is 22.8 Å². The fraction of sp³-hybridized carbons (Fsp3) is 0.448. The molecule has 12 heteroatoms. The number of fused-ring (bicyclic) bond motifs is 1. The van der Waals surface area contributed by atoms with Crippen molar-refractivity contribution in [2.75, 3.05) is 0 Å². The molecule has 2 amide bonds. The monoisotopic (exact) mass is 574 g/mol. The van der Waals surface area contributed by atoms with Gasteiger partial charge in [0, 0.05) is 0 Å². The summed E-state index contributed by atoms with van der Waals surface area (Å²) in [6.07, 6.45) is -3.40. The van der Waals surface area contributed by atoms with E-state index in [1.54, 1.807) is 24.3 Å². The van der Waals surface area contributed by atoms with Crippen molar-refractivity contribution in [2.24, 2.45) is 17.6 Å². The summed E-state index contributed by atoms with van der Waals surface area (Å²) in [7, 11) is 0. The molecule has 0 saturated heterocycles. The zero-order chi connectivity index (χ0) is 29.8. The quantitative estimate of drug-likeness (QED) is 0.289. The molecule has 1 aliphatic rings. The molecule has 41 heavy (non-hydrogen) atoms. The van der Waals surface area contributed by atoms with Crippen LogP contribution in [0.2, 0.25) is 0 Å².